The Labute approximate surface area is 116 Å². The zero-order valence-corrected chi connectivity index (χ0v) is 12.7. The maximum atomic E-state index is 12.0. The zero-order chi connectivity index (χ0) is 14.6. The van der Waals surface area contributed by atoms with E-state index >= 15 is 0 Å². The van der Waals surface area contributed by atoms with Gasteiger partial charge >= 0.3 is 0 Å². The van der Waals surface area contributed by atoms with E-state index in [4.69, 9.17) is 5.73 Å². The number of hydrogen-bond donors (Lipinski definition) is 2. The summed E-state index contributed by atoms with van der Waals surface area (Å²) >= 11 is 0. The summed E-state index contributed by atoms with van der Waals surface area (Å²) in [5.41, 5.74) is 8.08. The van der Waals surface area contributed by atoms with Crippen LogP contribution in [0.5, 0.6) is 0 Å². The van der Waals surface area contributed by atoms with Crippen molar-refractivity contribution >= 4 is 11.6 Å². The summed E-state index contributed by atoms with van der Waals surface area (Å²) in [4.78, 5) is 12.0. The van der Waals surface area contributed by atoms with Crippen LogP contribution < -0.4 is 11.1 Å². The van der Waals surface area contributed by atoms with Crippen molar-refractivity contribution in [3.8, 4) is 0 Å². The molecule has 1 amide bonds. The molecule has 106 valence electrons. The minimum absolute atomic E-state index is 0.113. The summed E-state index contributed by atoms with van der Waals surface area (Å²) in [5, 5.41) is 2.87. The molecule has 1 aromatic carbocycles. The van der Waals surface area contributed by atoms with E-state index in [1.165, 1.54) is 5.56 Å². The monoisotopic (exact) mass is 262 g/mol. The van der Waals surface area contributed by atoms with Gasteiger partial charge in [-0.2, -0.15) is 0 Å². The fourth-order valence-corrected chi connectivity index (χ4v) is 1.79. The van der Waals surface area contributed by atoms with Crippen LogP contribution in [0.1, 0.15) is 46.6 Å². The highest BCUT2D eigenvalue weighted by molar-refractivity contribution is 5.94. The fraction of sp³-hybridized carbons (Fsp3) is 0.562. The molecule has 2 atom stereocenters. The molecule has 19 heavy (non-hydrogen) atoms. The Bertz CT molecular complexity index is 417. The normalized spacial score (nSPS) is 14.8. The Hall–Kier alpha value is -1.35. The lowest BCUT2D eigenvalue weighted by Gasteiger charge is -2.20. The number of anilines is 1. The first-order chi connectivity index (χ1) is 8.75. The SMILES string of the molecule is CC[C@H](C)[C@H](N)C(=O)Nc1ccc(C(C)(C)C)cc1. The highest BCUT2D eigenvalue weighted by Gasteiger charge is 2.19. The van der Waals surface area contributed by atoms with Crippen LogP contribution in [0.4, 0.5) is 5.69 Å². The molecular formula is C16H26N2O. The molecule has 0 radical (unpaired) electrons. The Morgan fingerprint density at radius 2 is 1.79 bits per heavy atom. The lowest BCUT2D eigenvalue weighted by atomic mass is 9.87. The lowest BCUT2D eigenvalue weighted by Crippen LogP contribution is -2.40. The number of carbonyl (C=O) groups is 1. The predicted molar refractivity (Wildman–Crippen MR) is 81.2 cm³/mol. The molecule has 0 spiro atoms. The molecule has 3 nitrogen and oxygen atoms in total. The molecule has 0 saturated heterocycles. The van der Waals surface area contributed by atoms with Crippen molar-refractivity contribution in [2.24, 2.45) is 11.7 Å². The summed E-state index contributed by atoms with van der Waals surface area (Å²) < 4.78 is 0. The highest BCUT2D eigenvalue weighted by Crippen LogP contribution is 2.23. The number of carbonyl (C=O) groups excluding carboxylic acids is 1. The van der Waals surface area contributed by atoms with E-state index in [-0.39, 0.29) is 17.2 Å². The van der Waals surface area contributed by atoms with Crippen LogP contribution in [-0.2, 0) is 10.2 Å². The van der Waals surface area contributed by atoms with Gasteiger partial charge in [-0.1, -0.05) is 53.2 Å². The van der Waals surface area contributed by atoms with Crippen LogP contribution >= 0.6 is 0 Å². The van der Waals surface area contributed by atoms with Crippen molar-refractivity contribution in [1.82, 2.24) is 0 Å². The third kappa shape index (κ3) is 4.35. The number of nitrogens with one attached hydrogen (secondary N) is 1. The zero-order valence-electron chi connectivity index (χ0n) is 12.7. The second-order valence-corrected chi connectivity index (χ2v) is 6.23. The van der Waals surface area contributed by atoms with E-state index in [1.54, 1.807) is 0 Å². The van der Waals surface area contributed by atoms with Crippen LogP contribution in [0.3, 0.4) is 0 Å². The van der Waals surface area contributed by atoms with Crippen LogP contribution in [0.2, 0.25) is 0 Å². The van der Waals surface area contributed by atoms with E-state index in [9.17, 15) is 4.79 Å². The standard InChI is InChI=1S/C16H26N2O/c1-6-11(2)14(17)15(19)18-13-9-7-12(8-10-13)16(3,4)5/h7-11,14H,6,17H2,1-5H3,(H,18,19)/t11-,14-/m0/s1. The lowest BCUT2D eigenvalue weighted by molar-refractivity contribution is -0.118. The summed E-state index contributed by atoms with van der Waals surface area (Å²) in [5.74, 6) is 0.0757. The number of benzene rings is 1. The van der Waals surface area contributed by atoms with Crippen molar-refractivity contribution in [3.05, 3.63) is 29.8 Å². The number of rotatable bonds is 4. The van der Waals surface area contributed by atoms with Gasteiger partial charge in [0, 0.05) is 5.69 Å². The average molecular weight is 262 g/mol. The number of nitrogens with two attached hydrogens (primary N) is 1. The highest BCUT2D eigenvalue weighted by atomic mass is 16.2. The second-order valence-electron chi connectivity index (χ2n) is 6.23. The first kappa shape index (κ1) is 15.7. The summed E-state index contributed by atoms with van der Waals surface area (Å²) in [6.45, 7) is 10.5. The molecule has 0 saturated carbocycles. The van der Waals surface area contributed by atoms with Crippen LogP contribution in [0.25, 0.3) is 0 Å². The van der Waals surface area contributed by atoms with Gasteiger partial charge in [0.1, 0.15) is 0 Å². The molecule has 3 heteroatoms. The molecule has 1 aromatic rings. The molecule has 0 aliphatic heterocycles. The van der Waals surface area contributed by atoms with E-state index < -0.39 is 6.04 Å². The molecule has 0 aliphatic carbocycles. The number of hydrogen-bond acceptors (Lipinski definition) is 2. The van der Waals surface area contributed by atoms with E-state index in [1.807, 2.05) is 38.1 Å². The first-order valence-corrected chi connectivity index (χ1v) is 6.92. The van der Waals surface area contributed by atoms with E-state index in [0.717, 1.165) is 12.1 Å². The molecule has 3 N–H and O–H groups in total. The predicted octanol–water partition coefficient (Wildman–Crippen LogP) is 3.30. The topological polar surface area (TPSA) is 55.1 Å². The number of amides is 1. The molecule has 0 heterocycles. The quantitative estimate of drug-likeness (QED) is 0.874. The molecule has 0 unspecified atom stereocenters. The van der Waals surface area contributed by atoms with Crippen LogP contribution in [0.15, 0.2) is 24.3 Å². The summed E-state index contributed by atoms with van der Waals surface area (Å²) in [7, 11) is 0. The van der Waals surface area contributed by atoms with Gasteiger partial charge in [-0.3, -0.25) is 4.79 Å². The minimum atomic E-state index is -0.452. The minimum Gasteiger partial charge on any atom is -0.325 e. The van der Waals surface area contributed by atoms with E-state index in [0.29, 0.717) is 0 Å². The van der Waals surface area contributed by atoms with Crippen molar-refractivity contribution in [2.45, 2.75) is 52.5 Å². The van der Waals surface area contributed by atoms with Crippen LogP contribution in [-0.4, -0.2) is 11.9 Å². The molecule has 0 aromatic heterocycles. The molecular weight excluding hydrogens is 236 g/mol. The maximum absolute atomic E-state index is 12.0. The maximum Gasteiger partial charge on any atom is 0.241 e. The van der Waals surface area contributed by atoms with Gasteiger partial charge in [0.05, 0.1) is 6.04 Å². The Morgan fingerprint density at radius 3 is 2.21 bits per heavy atom. The van der Waals surface area contributed by atoms with Crippen LogP contribution in [0, 0.1) is 5.92 Å². The van der Waals surface area contributed by atoms with Gasteiger partial charge in [0.15, 0.2) is 0 Å². The van der Waals surface area contributed by atoms with Gasteiger partial charge in [-0.25, -0.2) is 0 Å². The van der Waals surface area contributed by atoms with Gasteiger partial charge < -0.3 is 11.1 Å². The second kappa shape index (κ2) is 6.20. The average Bonchev–Trinajstić information content (AvgIpc) is 2.36. The van der Waals surface area contributed by atoms with Gasteiger partial charge in [0.25, 0.3) is 0 Å². The van der Waals surface area contributed by atoms with Crippen molar-refractivity contribution in [1.29, 1.82) is 0 Å². The Morgan fingerprint density at radius 1 is 1.26 bits per heavy atom. The molecule has 1 rings (SSSR count). The Kier molecular flexibility index (Phi) is 5.12. The van der Waals surface area contributed by atoms with Gasteiger partial charge in [-0.15, -0.1) is 0 Å². The third-order valence-corrected chi connectivity index (χ3v) is 3.58. The van der Waals surface area contributed by atoms with Crippen molar-refractivity contribution in [2.75, 3.05) is 5.32 Å². The van der Waals surface area contributed by atoms with Crippen molar-refractivity contribution < 1.29 is 4.79 Å². The summed E-state index contributed by atoms with van der Waals surface area (Å²) in [6.07, 6.45) is 0.900. The summed E-state index contributed by atoms with van der Waals surface area (Å²) in [6, 6.07) is 7.51. The van der Waals surface area contributed by atoms with Gasteiger partial charge in [-0.05, 0) is 29.0 Å². The smallest absolute Gasteiger partial charge is 0.241 e. The third-order valence-electron chi connectivity index (χ3n) is 3.58. The first-order valence-electron chi connectivity index (χ1n) is 6.92. The van der Waals surface area contributed by atoms with E-state index in [2.05, 4.69) is 26.1 Å². The molecule has 0 fully saturated rings. The largest absolute Gasteiger partial charge is 0.325 e. The van der Waals surface area contributed by atoms with Crippen molar-refractivity contribution in [3.63, 3.8) is 0 Å². The molecule has 0 bridgehead atoms. The Balaban J connectivity index is 2.71. The fourth-order valence-electron chi connectivity index (χ4n) is 1.79. The molecule has 0 aliphatic rings. The van der Waals surface area contributed by atoms with Gasteiger partial charge in [0.2, 0.25) is 5.91 Å².